The van der Waals surface area contributed by atoms with Crippen LogP contribution < -0.4 is 15.2 Å². The van der Waals surface area contributed by atoms with Gasteiger partial charge in [0, 0.05) is 23.2 Å². The van der Waals surface area contributed by atoms with E-state index in [1.807, 2.05) is 36.4 Å². The summed E-state index contributed by atoms with van der Waals surface area (Å²) < 4.78 is 5.39. The van der Waals surface area contributed by atoms with Crippen molar-refractivity contribution >= 4 is 22.3 Å². The number of anilines is 2. The second kappa shape index (κ2) is 4.91. The van der Waals surface area contributed by atoms with Crippen molar-refractivity contribution in [1.29, 1.82) is 0 Å². The van der Waals surface area contributed by atoms with Gasteiger partial charge in [-0.1, -0.05) is 30.3 Å². The molecule has 0 fully saturated rings. The molecule has 110 valence electrons. The molecule has 0 saturated heterocycles. The molecule has 3 aromatic rings. The fraction of sp³-hybridized carbons (Fsp3) is 0.167. The highest BCUT2D eigenvalue weighted by atomic mass is 16.5. The van der Waals surface area contributed by atoms with Gasteiger partial charge in [0.25, 0.3) is 5.56 Å². The summed E-state index contributed by atoms with van der Waals surface area (Å²) in [5.41, 5.74) is 3.70. The average Bonchev–Trinajstić information content (AvgIpc) is 3.01. The van der Waals surface area contributed by atoms with E-state index in [0.29, 0.717) is 5.75 Å². The number of hydrogen-bond acceptors (Lipinski definition) is 3. The van der Waals surface area contributed by atoms with Crippen molar-refractivity contribution in [1.82, 2.24) is 4.98 Å². The number of rotatable bonds is 2. The van der Waals surface area contributed by atoms with E-state index in [1.165, 1.54) is 0 Å². The third-order valence-corrected chi connectivity index (χ3v) is 4.22. The lowest BCUT2D eigenvalue weighted by atomic mass is 10.1. The number of ether oxygens (including phenoxy) is 1. The van der Waals surface area contributed by atoms with Crippen molar-refractivity contribution in [2.45, 2.75) is 6.42 Å². The minimum absolute atomic E-state index is 0.0227. The van der Waals surface area contributed by atoms with Crippen LogP contribution in [-0.2, 0) is 6.42 Å². The summed E-state index contributed by atoms with van der Waals surface area (Å²) in [5, 5.41) is 1.02. The van der Waals surface area contributed by atoms with Crippen molar-refractivity contribution in [2.24, 2.45) is 0 Å². The number of nitrogens with one attached hydrogen (secondary N) is 1. The lowest BCUT2D eigenvalue weighted by molar-refractivity contribution is 0.419. The second-order valence-corrected chi connectivity index (χ2v) is 5.40. The molecule has 22 heavy (non-hydrogen) atoms. The Kier molecular flexibility index (Phi) is 2.89. The normalized spacial score (nSPS) is 13.4. The van der Waals surface area contributed by atoms with Gasteiger partial charge in [0.15, 0.2) is 0 Å². The lowest BCUT2D eigenvalue weighted by Crippen LogP contribution is -2.15. The van der Waals surface area contributed by atoms with Crippen LogP contribution in [0.25, 0.3) is 10.9 Å². The number of para-hydroxylation sites is 2. The van der Waals surface area contributed by atoms with Crippen LogP contribution in [0, 0.1) is 0 Å². The van der Waals surface area contributed by atoms with Crippen LogP contribution in [0.5, 0.6) is 5.75 Å². The van der Waals surface area contributed by atoms with Gasteiger partial charge in [0.1, 0.15) is 5.75 Å². The maximum atomic E-state index is 12.4. The van der Waals surface area contributed by atoms with Gasteiger partial charge in [-0.05, 0) is 24.6 Å². The third kappa shape index (κ3) is 1.80. The highest BCUT2D eigenvalue weighted by Gasteiger charge is 2.26. The first-order chi connectivity index (χ1) is 10.8. The van der Waals surface area contributed by atoms with Gasteiger partial charge in [-0.3, -0.25) is 4.79 Å². The Balaban J connectivity index is 2.04. The molecule has 2 heterocycles. The fourth-order valence-electron chi connectivity index (χ4n) is 3.23. The van der Waals surface area contributed by atoms with Gasteiger partial charge in [0.2, 0.25) is 0 Å². The standard InChI is InChI=1S/C18H16N2O2/c1-22-15-9-5-8-13-16(15)19-18(21)14-10-11-20(17(13)14)12-6-3-2-4-7-12/h2-9H,10-11H2,1H3,(H,19,21). The molecule has 4 heteroatoms. The van der Waals surface area contributed by atoms with Crippen LogP contribution in [0.15, 0.2) is 53.3 Å². The quantitative estimate of drug-likeness (QED) is 0.788. The predicted octanol–water partition coefficient (Wildman–Crippen LogP) is 3.23. The van der Waals surface area contributed by atoms with Gasteiger partial charge in [-0.25, -0.2) is 0 Å². The molecule has 4 rings (SSSR count). The summed E-state index contributed by atoms with van der Waals surface area (Å²) in [7, 11) is 1.62. The van der Waals surface area contributed by atoms with Crippen LogP contribution in [0.1, 0.15) is 5.56 Å². The summed E-state index contributed by atoms with van der Waals surface area (Å²) in [6.45, 7) is 0.818. The number of nitrogens with zero attached hydrogens (tertiary/aromatic N) is 1. The highest BCUT2D eigenvalue weighted by Crippen LogP contribution is 2.39. The van der Waals surface area contributed by atoms with Gasteiger partial charge < -0.3 is 14.6 Å². The van der Waals surface area contributed by atoms with E-state index in [4.69, 9.17) is 4.74 Å². The van der Waals surface area contributed by atoms with Crippen molar-refractivity contribution in [2.75, 3.05) is 18.6 Å². The van der Waals surface area contributed by atoms with E-state index in [-0.39, 0.29) is 5.56 Å². The number of fused-ring (bicyclic) bond motifs is 3. The van der Waals surface area contributed by atoms with E-state index in [2.05, 4.69) is 22.0 Å². The molecule has 0 saturated carbocycles. The Hall–Kier alpha value is -2.75. The van der Waals surface area contributed by atoms with Crippen LogP contribution in [0.2, 0.25) is 0 Å². The zero-order chi connectivity index (χ0) is 15.1. The summed E-state index contributed by atoms with van der Waals surface area (Å²) >= 11 is 0. The first-order valence-corrected chi connectivity index (χ1v) is 7.34. The number of methoxy groups -OCH3 is 1. The smallest absolute Gasteiger partial charge is 0.253 e. The minimum atomic E-state index is -0.0227. The molecule has 0 unspecified atom stereocenters. The summed E-state index contributed by atoms with van der Waals surface area (Å²) in [4.78, 5) is 17.6. The molecule has 1 N–H and O–H groups in total. The van der Waals surface area contributed by atoms with E-state index in [1.54, 1.807) is 7.11 Å². The molecule has 1 aliphatic heterocycles. The Morgan fingerprint density at radius 1 is 1.09 bits per heavy atom. The van der Waals surface area contributed by atoms with E-state index in [9.17, 15) is 4.79 Å². The van der Waals surface area contributed by atoms with Gasteiger partial charge in [-0.2, -0.15) is 0 Å². The Labute approximate surface area is 128 Å². The van der Waals surface area contributed by atoms with Gasteiger partial charge >= 0.3 is 0 Å². The number of H-pyrrole nitrogens is 1. The molecule has 1 aromatic heterocycles. The van der Waals surface area contributed by atoms with Gasteiger partial charge in [-0.15, -0.1) is 0 Å². The second-order valence-electron chi connectivity index (χ2n) is 5.40. The molecule has 0 bridgehead atoms. The van der Waals surface area contributed by atoms with Crippen LogP contribution in [0.3, 0.4) is 0 Å². The van der Waals surface area contributed by atoms with Crippen molar-refractivity contribution in [3.63, 3.8) is 0 Å². The molecular formula is C18H16N2O2. The fourth-order valence-corrected chi connectivity index (χ4v) is 3.23. The molecule has 0 spiro atoms. The molecule has 0 aliphatic carbocycles. The summed E-state index contributed by atoms with van der Waals surface area (Å²) in [5.74, 6) is 0.692. The van der Waals surface area contributed by atoms with Crippen LogP contribution in [0.4, 0.5) is 11.4 Å². The third-order valence-electron chi connectivity index (χ3n) is 4.22. The Morgan fingerprint density at radius 3 is 2.68 bits per heavy atom. The van der Waals surface area contributed by atoms with Crippen LogP contribution in [-0.4, -0.2) is 18.6 Å². The summed E-state index contributed by atoms with van der Waals surface area (Å²) in [6, 6.07) is 16.0. The summed E-state index contributed by atoms with van der Waals surface area (Å²) in [6.07, 6.45) is 0.757. The SMILES string of the molecule is COc1cccc2c3c(c(=O)[nH]c12)CCN3c1ccccc1. The Morgan fingerprint density at radius 2 is 1.91 bits per heavy atom. The molecular weight excluding hydrogens is 276 g/mol. The molecule has 4 nitrogen and oxygen atoms in total. The number of aromatic amines is 1. The monoisotopic (exact) mass is 292 g/mol. The van der Waals surface area contributed by atoms with Crippen molar-refractivity contribution in [3.05, 3.63) is 64.4 Å². The van der Waals surface area contributed by atoms with E-state index >= 15 is 0 Å². The number of pyridine rings is 1. The van der Waals surface area contributed by atoms with Crippen LogP contribution >= 0.6 is 0 Å². The first kappa shape index (κ1) is 13.0. The predicted molar refractivity (Wildman–Crippen MR) is 88.3 cm³/mol. The number of benzene rings is 2. The molecule has 0 amide bonds. The number of hydrogen-bond donors (Lipinski definition) is 1. The molecule has 2 aromatic carbocycles. The Bertz CT molecular complexity index is 900. The largest absolute Gasteiger partial charge is 0.495 e. The minimum Gasteiger partial charge on any atom is -0.495 e. The van der Waals surface area contributed by atoms with E-state index in [0.717, 1.165) is 40.8 Å². The average molecular weight is 292 g/mol. The first-order valence-electron chi connectivity index (χ1n) is 7.34. The van der Waals surface area contributed by atoms with Crippen molar-refractivity contribution < 1.29 is 4.74 Å². The number of aromatic nitrogens is 1. The maximum absolute atomic E-state index is 12.4. The zero-order valence-corrected chi connectivity index (χ0v) is 12.3. The van der Waals surface area contributed by atoms with Crippen molar-refractivity contribution in [3.8, 4) is 5.75 Å². The van der Waals surface area contributed by atoms with E-state index < -0.39 is 0 Å². The lowest BCUT2D eigenvalue weighted by Gasteiger charge is -2.21. The van der Waals surface area contributed by atoms with Gasteiger partial charge in [0.05, 0.1) is 18.3 Å². The molecule has 0 atom stereocenters. The molecule has 1 aliphatic rings. The maximum Gasteiger partial charge on any atom is 0.253 e. The molecule has 0 radical (unpaired) electrons. The topological polar surface area (TPSA) is 45.3 Å². The highest BCUT2D eigenvalue weighted by molar-refractivity contribution is 5.99. The zero-order valence-electron chi connectivity index (χ0n) is 12.3.